The molecule has 1 spiro atoms. The number of nitrogens with one attached hydrogen (secondary N) is 1. The first kappa shape index (κ1) is 21.4. The van der Waals surface area contributed by atoms with E-state index in [1.165, 1.54) is 5.56 Å². The van der Waals surface area contributed by atoms with E-state index in [4.69, 9.17) is 9.68 Å². The molecule has 31 heavy (non-hydrogen) atoms. The third kappa shape index (κ3) is 5.25. The third-order valence-corrected chi connectivity index (χ3v) is 6.05. The highest BCUT2D eigenvalue weighted by atomic mass is 16.7. The second kappa shape index (κ2) is 8.71. The van der Waals surface area contributed by atoms with Gasteiger partial charge in [-0.25, -0.2) is 4.79 Å². The van der Waals surface area contributed by atoms with Crippen LogP contribution in [0, 0.1) is 0 Å². The van der Waals surface area contributed by atoms with Crippen LogP contribution >= 0.6 is 0 Å². The third-order valence-electron chi connectivity index (χ3n) is 6.05. The molecule has 1 amide bonds. The zero-order chi connectivity index (χ0) is 21.9. The summed E-state index contributed by atoms with van der Waals surface area (Å²) >= 11 is 0. The maximum atomic E-state index is 12.1. The van der Waals surface area contributed by atoms with Gasteiger partial charge in [-0.05, 0) is 22.1 Å². The Balaban J connectivity index is 1.25. The van der Waals surface area contributed by atoms with E-state index in [9.17, 15) is 4.79 Å². The van der Waals surface area contributed by atoms with Crippen LogP contribution in [0.15, 0.2) is 59.8 Å². The largest absolute Gasteiger partial charge is 0.426 e. The van der Waals surface area contributed by atoms with Crippen LogP contribution in [0.4, 0.5) is 4.79 Å². The molecule has 0 atom stereocenters. The van der Waals surface area contributed by atoms with Gasteiger partial charge in [-0.15, -0.1) is 5.06 Å². The summed E-state index contributed by atoms with van der Waals surface area (Å²) < 4.78 is 0. The molecule has 2 aliphatic rings. The molecule has 4 rings (SSSR count). The van der Waals surface area contributed by atoms with Crippen molar-refractivity contribution in [3.63, 3.8) is 0 Å². The molecule has 6 nitrogen and oxygen atoms in total. The minimum atomic E-state index is -0.428. The molecule has 0 aliphatic carbocycles. The summed E-state index contributed by atoms with van der Waals surface area (Å²) in [5.74, 6) is 0. The molecule has 2 aliphatic heterocycles. The minimum Gasteiger partial charge on any atom is -0.388 e. The lowest BCUT2D eigenvalue weighted by atomic mass is 9.84. The summed E-state index contributed by atoms with van der Waals surface area (Å²) in [6.45, 7) is 8.35. The maximum Gasteiger partial charge on any atom is 0.426 e. The topological polar surface area (TPSA) is 63.2 Å². The van der Waals surface area contributed by atoms with Gasteiger partial charge >= 0.3 is 6.09 Å². The van der Waals surface area contributed by atoms with E-state index in [-0.39, 0.29) is 11.0 Å². The Hall–Kier alpha value is -2.86. The first-order valence-corrected chi connectivity index (χ1v) is 10.9. The number of oxime groups is 1. The molecule has 2 heterocycles. The molecule has 2 aromatic carbocycles. The van der Waals surface area contributed by atoms with Crippen molar-refractivity contribution in [1.29, 1.82) is 0 Å². The standard InChI is InChI=1S/C25H31N3O3/c1-24(2,3)21-11-9-20(10-12-21)22-17-25(31-27-22)13-15-28(16-14-25)30-23(29)26-18-19-7-5-4-6-8-19/h4-12H,13-18H2,1-3H3,(H,26,29). The second-order valence-corrected chi connectivity index (χ2v) is 9.46. The van der Waals surface area contributed by atoms with Crippen LogP contribution in [-0.4, -0.2) is 35.6 Å². The number of hydrogen-bond acceptors (Lipinski definition) is 5. The predicted octanol–water partition coefficient (Wildman–Crippen LogP) is 4.78. The lowest BCUT2D eigenvalue weighted by Crippen LogP contribution is -2.46. The number of hydrogen-bond donors (Lipinski definition) is 1. The molecule has 164 valence electrons. The van der Waals surface area contributed by atoms with Crippen LogP contribution < -0.4 is 5.32 Å². The molecule has 0 unspecified atom stereocenters. The Morgan fingerprint density at radius 1 is 1.10 bits per heavy atom. The van der Waals surface area contributed by atoms with Gasteiger partial charge in [0.1, 0.15) is 5.60 Å². The van der Waals surface area contributed by atoms with Crippen LogP contribution in [0.1, 0.15) is 56.7 Å². The minimum absolute atomic E-state index is 0.133. The monoisotopic (exact) mass is 421 g/mol. The molecular formula is C25H31N3O3. The van der Waals surface area contributed by atoms with Crippen LogP contribution in [0.3, 0.4) is 0 Å². The quantitative estimate of drug-likeness (QED) is 0.771. The normalized spacial score (nSPS) is 18.4. The molecule has 1 N–H and O–H groups in total. The number of piperidine rings is 1. The zero-order valence-electron chi connectivity index (χ0n) is 18.6. The summed E-state index contributed by atoms with van der Waals surface area (Å²) in [4.78, 5) is 23.5. The van der Waals surface area contributed by atoms with Crippen LogP contribution in [0.2, 0.25) is 0 Å². The molecule has 0 saturated carbocycles. The zero-order valence-corrected chi connectivity index (χ0v) is 18.6. The van der Waals surface area contributed by atoms with Crippen molar-refractivity contribution in [3.8, 4) is 0 Å². The number of nitrogens with zero attached hydrogens (tertiary/aromatic N) is 2. The smallest absolute Gasteiger partial charge is 0.388 e. The van der Waals surface area contributed by atoms with E-state index in [2.05, 4.69) is 55.5 Å². The van der Waals surface area contributed by atoms with Crippen molar-refractivity contribution in [2.24, 2.45) is 5.16 Å². The van der Waals surface area contributed by atoms with E-state index >= 15 is 0 Å². The molecule has 6 heteroatoms. The highest BCUT2D eigenvalue weighted by molar-refractivity contribution is 6.01. The lowest BCUT2D eigenvalue weighted by Gasteiger charge is -2.35. The van der Waals surface area contributed by atoms with Gasteiger partial charge in [0.15, 0.2) is 0 Å². The van der Waals surface area contributed by atoms with Gasteiger partial charge in [-0.2, -0.15) is 0 Å². The first-order valence-electron chi connectivity index (χ1n) is 10.9. The van der Waals surface area contributed by atoms with Gasteiger partial charge in [0.2, 0.25) is 0 Å². The molecule has 0 aromatic heterocycles. The van der Waals surface area contributed by atoms with E-state index in [1.54, 1.807) is 5.06 Å². The Labute approximate surface area is 184 Å². The van der Waals surface area contributed by atoms with Crippen molar-refractivity contribution in [3.05, 3.63) is 71.3 Å². The van der Waals surface area contributed by atoms with Crippen LogP contribution in [0.25, 0.3) is 0 Å². The van der Waals surface area contributed by atoms with E-state index in [0.29, 0.717) is 19.6 Å². The summed E-state index contributed by atoms with van der Waals surface area (Å²) in [7, 11) is 0. The number of benzene rings is 2. The number of amides is 1. The Bertz CT molecular complexity index is 925. The predicted molar refractivity (Wildman–Crippen MR) is 121 cm³/mol. The van der Waals surface area contributed by atoms with Crippen LogP contribution in [0.5, 0.6) is 0 Å². The SMILES string of the molecule is CC(C)(C)c1ccc(C2=NOC3(CCN(OC(=O)NCc4ccccc4)CC3)C2)cc1. The summed E-state index contributed by atoms with van der Waals surface area (Å²) in [6, 6.07) is 18.4. The molecule has 1 fully saturated rings. The van der Waals surface area contributed by atoms with Crippen molar-refractivity contribution in [1.82, 2.24) is 10.4 Å². The van der Waals surface area contributed by atoms with E-state index < -0.39 is 6.09 Å². The average Bonchev–Trinajstić information content (AvgIpc) is 3.18. The summed E-state index contributed by atoms with van der Waals surface area (Å²) in [6.07, 6.45) is 1.90. The molecule has 1 saturated heterocycles. The van der Waals surface area contributed by atoms with Crippen molar-refractivity contribution >= 4 is 11.8 Å². The summed E-state index contributed by atoms with van der Waals surface area (Å²) in [5, 5.41) is 8.91. The number of carbonyl (C=O) groups excluding carboxylic acids is 1. The van der Waals surface area contributed by atoms with E-state index in [1.807, 2.05) is 30.3 Å². The molecular weight excluding hydrogens is 390 g/mol. The fraction of sp³-hybridized carbons (Fsp3) is 0.440. The summed E-state index contributed by atoms with van der Waals surface area (Å²) in [5.41, 5.74) is 4.30. The molecule has 0 radical (unpaired) electrons. The second-order valence-electron chi connectivity index (χ2n) is 9.46. The average molecular weight is 422 g/mol. The van der Waals surface area contributed by atoms with Gasteiger partial charge in [-0.3, -0.25) is 0 Å². The van der Waals surface area contributed by atoms with Gasteiger partial charge in [0, 0.05) is 38.9 Å². The lowest BCUT2D eigenvalue weighted by molar-refractivity contribution is -0.157. The van der Waals surface area contributed by atoms with Crippen LogP contribution in [-0.2, 0) is 21.6 Å². The number of carbonyl (C=O) groups is 1. The maximum absolute atomic E-state index is 12.1. The molecule has 0 bridgehead atoms. The van der Waals surface area contributed by atoms with Crippen molar-refractivity contribution in [2.75, 3.05) is 13.1 Å². The van der Waals surface area contributed by atoms with Gasteiger partial charge in [-0.1, -0.05) is 80.5 Å². The fourth-order valence-corrected chi connectivity index (χ4v) is 4.01. The van der Waals surface area contributed by atoms with Gasteiger partial charge in [0.25, 0.3) is 0 Å². The van der Waals surface area contributed by atoms with E-state index in [0.717, 1.165) is 36.1 Å². The highest BCUT2D eigenvalue weighted by Crippen LogP contribution is 2.36. The number of rotatable bonds is 4. The Morgan fingerprint density at radius 2 is 1.77 bits per heavy atom. The van der Waals surface area contributed by atoms with Gasteiger partial charge in [0.05, 0.1) is 5.71 Å². The Kier molecular flexibility index (Phi) is 6.01. The van der Waals surface area contributed by atoms with Gasteiger partial charge < -0.3 is 15.0 Å². The highest BCUT2D eigenvalue weighted by Gasteiger charge is 2.43. The van der Waals surface area contributed by atoms with Crippen molar-refractivity contribution < 1.29 is 14.5 Å². The Morgan fingerprint density at radius 3 is 2.42 bits per heavy atom. The molecule has 2 aromatic rings. The number of hydroxylamine groups is 2. The van der Waals surface area contributed by atoms with Crippen molar-refractivity contribution in [2.45, 2.75) is 57.6 Å². The first-order chi connectivity index (χ1) is 14.8. The fourth-order valence-electron chi connectivity index (χ4n) is 4.01.